The molecule has 3 amide bonds. The molecule has 0 unspecified atom stereocenters. The predicted octanol–water partition coefficient (Wildman–Crippen LogP) is 3.48. The highest BCUT2D eigenvalue weighted by Crippen LogP contribution is 2.28. The van der Waals surface area contributed by atoms with Crippen molar-refractivity contribution in [2.75, 3.05) is 13.1 Å². The Morgan fingerprint density at radius 2 is 1.84 bits per heavy atom. The van der Waals surface area contributed by atoms with E-state index in [1.807, 2.05) is 49.1 Å². The van der Waals surface area contributed by atoms with Gasteiger partial charge in [0.25, 0.3) is 17.7 Å². The third-order valence-corrected chi connectivity index (χ3v) is 7.46. The third kappa shape index (κ3) is 5.72. The van der Waals surface area contributed by atoms with Crippen LogP contribution in [0.5, 0.6) is 0 Å². The molecule has 0 aliphatic carbocycles. The highest BCUT2D eigenvalue weighted by molar-refractivity contribution is 7.12. The second-order valence-electron chi connectivity index (χ2n) is 9.23. The number of thiophene rings is 1. The highest BCUT2D eigenvalue weighted by atomic mass is 32.1. The van der Waals surface area contributed by atoms with E-state index in [1.165, 1.54) is 11.3 Å². The van der Waals surface area contributed by atoms with Crippen molar-refractivity contribution in [3.05, 3.63) is 91.7 Å². The third-order valence-electron chi connectivity index (χ3n) is 6.59. The Morgan fingerprint density at radius 3 is 2.51 bits per heavy atom. The number of rotatable bonds is 7. The molecule has 9 heteroatoms. The van der Waals surface area contributed by atoms with Crippen molar-refractivity contribution >= 4 is 35.0 Å². The minimum absolute atomic E-state index is 0.0274. The molecule has 4 rings (SSSR count). The van der Waals surface area contributed by atoms with Crippen molar-refractivity contribution in [3.63, 3.8) is 0 Å². The molecule has 0 fully saturated rings. The Balaban J connectivity index is 1.49. The van der Waals surface area contributed by atoms with Crippen LogP contribution in [0, 0.1) is 20.8 Å². The number of amides is 3. The number of aliphatic carboxylic acids is 1. The summed E-state index contributed by atoms with van der Waals surface area (Å²) in [7, 11) is 0. The molecular weight excluding hydrogens is 490 g/mol. The Bertz CT molecular complexity index is 1370. The average Bonchev–Trinajstić information content (AvgIpc) is 3.40. The lowest BCUT2D eigenvalue weighted by Gasteiger charge is -2.31. The first-order chi connectivity index (χ1) is 17.7. The van der Waals surface area contributed by atoms with Gasteiger partial charge in [-0.05, 0) is 73.0 Å². The number of fused-ring (bicyclic) bond motifs is 1. The molecule has 0 spiro atoms. The minimum Gasteiger partial charge on any atom is -0.480 e. The number of carboxylic acids is 1. The molecule has 1 aliphatic rings. The fourth-order valence-electron chi connectivity index (χ4n) is 4.73. The summed E-state index contributed by atoms with van der Waals surface area (Å²) >= 11 is 1.25. The summed E-state index contributed by atoms with van der Waals surface area (Å²) in [6, 6.07) is 11.5. The van der Waals surface area contributed by atoms with Crippen LogP contribution >= 0.6 is 11.3 Å². The van der Waals surface area contributed by atoms with E-state index in [2.05, 4.69) is 10.6 Å². The van der Waals surface area contributed by atoms with Crippen LogP contribution in [0.1, 0.15) is 58.2 Å². The van der Waals surface area contributed by atoms with Gasteiger partial charge in [0.05, 0.1) is 4.88 Å². The van der Waals surface area contributed by atoms with Gasteiger partial charge in [-0.3, -0.25) is 14.4 Å². The van der Waals surface area contributed by atoms with Crippen LogP contribution in [0.4, 0.5) is 0 Å². The zero-order valence-corrected chi connectivity index (χ0v) is 21.8. The smallest absolute Gasteiger partial charge is 0.328 e. The quantitative estimate of drug-likeness (QED) is 0.442. The van der Waals surface area contributed by atoms with Crippen LogP contribution in [0.15, 0.2) is 47.8 Å². The molecule has 0 bridgehead atoms. The summed E-state index contributed by atoms with van der Waals surface area (Å²) in [6.45, 7) is 6.34. The largest absolute Gasteiger partial charge is 0.480 e. The number of aryl methyl sites for hydroxylation is 2. The number of nitrogens with one attached hydrogen (secondary N) is 2. The molecule has 8 nitrogen and oxygen atoms in total. The van der Waals surface area contributed by atoms with Gasteiger partial charge in [0.15, 0.2) is 0 Å². The maximum absolute atomic E-state index is 13.2. The molecule has 0 saturated carbocycles. The molecule has 192 valence electrons. The van der Waals surface area contributed by atoms with E-state index in [1.54, 1.807) is 24.4 Å². The summed E-state index contributed by atoms with van der Waals surface area (Å²) < 4.78 is 0. The van der Waals surface area contributed by atoms with Gasteiger partial charge >= 0.3 is 5.97 Å². The zero-order valence-electron chi connectivity index (χ0n) is 21.0. The summed E-state index contributed by atoms with van der Waals surface area (Å²) in [5, 5.41) is 16.5. The van der Waals surface area contributed by atoms with Gasteiger partial charge in [0, 0.05) is 30.8 Å². The monoisotopic (exact) mass is 519 g/mol. The van der Waals surface area contributed by atoms with Crippen molar-refractivity contribution in [2.45, 2.75) is 39.8 Å². The standard InChI is InChI=1S/C28H29N3O5S/c1-16-6-4-7-19(12-16)27(34)31-10-9-21-18(3)24(17(2)13-20(21)15-31)26(33)30-22(28(35)36)14-29-25(32)23-8-5-11-37-23/h4-8,11-13,22H,9-10,14-15H2,1-3H3,(H,29,32)(H,30,33)(H,35,36)/t22-/m0/s1. The SMILES string of the molecule is Cc1cccc(C(=O)N2CCc3c(cc(C)c(C(=O)N[C@@H](CNC(=O)c4cccs4)C(=O)O)c3C)C2)c1. The first-order valence-corrected chi connectivity index (χ1v) is 12.9. The zero-order chi connectivity index (χ0) is 26.7. The molecule has 2 aromatic carbocycles. The van der Waals surface area contributed by atoms with Gasteiger partial charge in [-0.1, -0.05) is 29.8 Å². The Labute approximate surface area is 219 Å². The molecule has 2 heterocycles. The van der Waals surface area contributed by atoms with Gasteiger partial charge in [-0.2, -0.15) is 0 Å². The topological polar surface area (TPSA) is 116 Å². The normalized spacial score (nSPS) is 13.4. The lowest BCUT2D eigenvalue weighted by Crippen LogP contribution is -2.48. The Hall–Kier alpha value is -3.98. The number of nitrogens with zero attached hydrogens (tertiary/aromatic N) is 1. The molecule has 37 heavy (non-hydrogen) atoms. The van der Waals surface area contributed by atoms with E-state index in [4.69, 9.17) is 0 Å². The fraction of sp³-hybridized carbons (Fsp3) is 0.286. The molecule has 1 aliphatic heterocycles. The van der Waals surface area contributed by atoms with Crippen LogP contribution in [0.3, 0.4) is 0 Å². The lowest BCUT2D eigenvalue weighted by molar-refractivity contribution is -0.139. The van der Waals surface area contributed by atoms with Crippen LogP contribution in [-0.4, -0.2) is 52.8 Å². The van der Waals surface area contributed by atoms with Crippen molar-refractivity contribution in [1.82, 2.24) is 15.5 Å². The molecular formula is C28H29N3O5S. The molecule has 0 saturated heterocycles. The molecule has 0 radical (unpaired) electrons. The van der Waals surface area contributed by atoms with E-state index in [-0.39, 0.29) is 18.4 Å². The van der Waals surface area contributed by atoms with Crippen LogP contribution in [-0.2, 0) is 17.8 Å². The second kappa shape index (κ2) is 11.0. The maximum Gasteiger partial charge on any atom is 0.328 e. The van der Waals surface area contributed by atoms with Crippen molar-refractivity contribution in [2.24, 2.45) is 0 Å². The van der Waals surface area contributed by atoms with Gasteiger partial charge in [0.2, 0.25) is 0 Å². The van der Waals surface area contributed by atoms with E-state index in [0.717, 1.165) is 22.3 Å². The number of carboxylic acid groups (broad SMARTS) is 1. The number of hydrogen-bond acceptors (Lipinski definition) is 5. The van der Waals surface area contributed by atoms with Crippen molar-refractivity contribution in [3.8, 4) is 0 Å². The molecule has 1 aromatic heterocycles. The van der Waals surface area contributed by atoms with E-state index < -0.39 is 17.9 Å². The minimum atomic E-state index is -1.28. The van der Waals surface area contributed by atoms with Gasteiger partial charge < -0.3 is 20.6 Å². The molecule has 3 aromatic rings. The van der Waals surface area contributed by atoms with E-state index >= 15 is 0 Å². The number of carbonyl (C=O) groups excluding carboxylic acids is 3. The maximum atomic E-state index is 13.2. The fourth-order valence-corrected chi connectivity index (χ4v) is 5.37. The van der Waals surface area contributed by atoms with Gasteiger partial charge in [-0.15, -0.1) is 11.3 Å². The first kappa shape index (κ1) is 26.1. The Kier molecular flexibility index (Phi) is 7.73. The lowest BCUT2D eigenvalue weighted by atomic mass is 9.88. The summed E-state index contributed by atoms with van der Waals surface area (Å²) in [6.07, 6.45) is 0.596. The average molecular weight is 520 g/mol. The first-order valence-electron chi connectivity index (χ1n) is 12.0. The molecule has 1 atom stereocenters. The summed E-state index contributed by atoms with van der Waals surface area (Å²) in [5.74, 6) is -2.16. The van der Waals surface area contributed by atoms with Gasteiger partial charge in [0.1, 0.15) is 6.04 Å². The number of carbonyl (C=O) groups is 4. The van der Waals surface area contributed by atoms with Crippen molar-refractivity contribution < 1.29 is 24.3 Å². The van der Waals surface area contributed by atoms with Gasteiger partial charge in [-0.25, -0.2) is 4.79 Å². The summed E-state index contributed by atoms with van der Waals surface area (Å²) in [4.78, 5) is 52.5. The van der Waals surface area contributed by atoms with E-state index in [9.17, 15) is 24.3 Å². The van der Waals surface area contributed by atoms with Crippen LogP contribution in [0.2, 0.25) is 0 Å². The van der Waals surface area contributed by atoms with Crippen molar-refractivity contribution in [1.29, 1.82) is 0 Å². The summed E-state index contributed by atoms with van der Waals surface area (Å²) in [5.41, 5.74) is 5.56. The highest BCUT2D eigenvalue weighted by Gasteiger charge is 2.28. The number of benzene rings is 2. The predicted molar refractivity (Wildman–Crippen MR) is 141 cm³/mol. The Morgan fingerprint density at radius 1 is 1.05 bits per heavy atom. The van der Waals surface area contributed by atoms with Crippen LogP contribution < -0.4 is 10.6 Å². The van der Waals surface area contributed by atoms with E-state index in [0.29, 0.717) is 41.1 Å². The molecule has 3 N–H and O–H groups in total. The van der Waals surface area contributed by atoms with Crippen LogP contribution in [0.25, 0.3) is 0 Å². The second-order valence-corrected chi connectivity index (χ2v) is 10.2. The number of hydrogen-bond donors (Lipinski definition) is 3.